The van der Waals surface area contributed by atoms with Crippen molar-refractivity contribution in [3.05, 3.63) is 28.8 Å². The molecule has 19 heavy (non-hydrogen) atoms. The number of hydrogen-bond donors (Lipinski definition) is 2. The lowest BCUT2D eigenvalue weighted by Gasteiger charge is -2.19. The van der Waals surface area contributed by atoms with Crippen LogP contribution < -0.4 is 15.8 Å². The molecule has 0 aliphatic carbocycles. The number of carbonyl (C=O) groups excluding carboxylic acids is 1. The minimum Gasteiger partial charge on any atom is -0.492 e. The Bertz CT molecular complexity index is 437. The smallest absolute Gasteiger partial charge is 0.223 e. The van der Waals surface area contributed by atoms with Crippen LogP contribution in [0.5, 0.6) is 5.75 Å². The summed E-state index contributed by atoms with van der Waals surface area (Å²) in [5.41, 5.74) is 6.20. The van der Waals surface area contributed by atoms with E-state index in [1.807, 2.05) is 26.0 Å². The fourth-order valence-corrected chi connectivity index (χ4v) is 1.88. The summed E-state index contributed by atoms with van der Waals surface area (Å²) >= 11 is 6.02. The molecule has 1 amide bonds. The fourth-order valence-electron chi connectivity index (χ4n) is 1.70. The molecule has 1 rings (SSSR count). The van der Waals surface area contributed by atoms with Gasteiger partial charge < -0.3 is 15.8 Å². The van der Waals surface area contributed by atoms with Crippen LogP contribution in [0.2, 0.25) is 5.02 Å². The van der Waals surface area contributed by atoms with Crippen LogP contribution in [0.1, 0.15) is 32.4 Å². The first-order chi connectivity index (χ1) is 8.95. The number of carbonyl (C=O) groups is 1. The van der Waals surface area contributed by atoms with Gasteiger partial charge in [0.25, 0.3) is 0 Å². The summed E-state index contributed by atoms with van der Waals surface area (Å²) in [5, 5.41) is 3.97. The van der Waals surface area contributed by atoms with E-state index in [0.29, 0.717) is 5.02 Å². The Kier molecular flexibility index (Phi) is 6.12. The molecular weight excluding hydrogens is 264 g/mol. The molecule has 0 fully saturated rings. The number of rotatable bonds is 7. The topological polar surface area (TPSA) is 64.3 Å². The average Bonchev–Trinajstić information content (AvgIpc) is 2.36. The maximum absolute atomic E-state index is 11.0. The summed E-state index contributed by atoms with van der Waals surface area (Å²) in [4.78, 5) is 11.0. The predicted molar refractivity (Wildman–Crippen MR) is 77.4 cm³/mol. The third kappa shape index (κ3) is 4.73. The Labute approximate surface area is 119 Å². The molecule has 0 saturated heterocycles. The monoisotopic (exact) mass is 284 g/mol. The first kappa shape index (κ1) is 15.8. The van der Waals surface area contributed by atoms with Crippen LogP contribution in [-0.4, -0.2) is 19.1 Å². The van der Waals surface area contributed by atoms with E-state index in [4.69, 9.17) is 22.1 Å². The lowest BCUT2D eigenvalue weighted by Crippen LogP contribution is -2.26. The van der Waals surface area contributed by atoms with Crippen LogP contribution in [0.25, 0.3) is 0 Å². The molecule has 0 bridgehead atoms. The van der Waals surface area contributed by atoms with Crippen molar-refractivity contribution in [1.29, 1.82) is 0 Å². The van der Waals surface area contributed by atoms with E-state index in [0.717, 1.165) is 17.9 Å². The van der Waals surface area contributed by atoms with Crippen LogP contribution >= 0.6 is 11.6 Å². The van der Waals surface area contributed by atoms with Gasteiger partial charge in [-0.05, 0) is 31.7 Å². The van der Waals surface area contributed by atoms with Crippen molar-refractivity contribution in [1.82, 2.24) is 5.32 Å². The van der Waals surface area contributed by atoms with Gasteiger partial charge in [-0.2, -0.15) is 0 Å². The highest BCUT2D eigenvalue weighted by molar-refractivity contribution is 6.30. The van der Waals surface area contributed by atoms with Crippen LogP contribution in [0.15, 0.2) is 18.2 Å². The largest absolute Gasteiger partial charge is 0.492 e. The van der Waals surface area contributed by atoms with Gasteiger partial charge in [-0.1, -0.05) is 25.4 Å². The zero-order valence-electron chi connectivity index (χ0n) is 11.6. The summed E-state index contributed by atoms with van der Waals surface area (Å²) in [6, 6.07) is 5.59. The maximum Gasteiger partial charge on any atom is 0.223 e. The van der Waals surface area contributed by atoms with Gasteiger partial charge in [0, 0.05) is 16.6 Å². The van der Waals surface area contributed by atoms with Crippen molar-refractivity contribution in [3.63, 3.8) is 0 Å². The second-order valence-electron chi connectivity index (χ2n) is 4.58. The van der Waals surface area contributed by atoms with Crippen LogP contribution in [0, 0.1) is 5.92 Å². The zero-order chi connectivity index (χ0) is 14.4. The predicted octanol–water partition coefficient (Wildman–Crippen LogP) is 2.51. The summed E-state index contributed by atoms with van der Waals surface area (Å²) in [7, 11) is 0. The SMILES string of the molecule is CCNC(C)c1cc(Cl)ccc1OCC(C)C(N)=O. The van der Waals surface area contributed by atoms with Crippen LogP contribution in [0.3, 0.4) is 0 Å². The fraction of sp³-hybridized carbons (Fsp3) is 0.500. The van der Waals surface area contributed by atoms with E-state index < -0.39 is 0 Å². The molecule has 3 N–H and O–H groups in total. The third-order valence-corrected chi connectivity index (χ3v) is 3.16. The van der Waals surface area contributed by atoms with Gasteiger partial charge in [0.05, 0.1) is 12.5 Å². The van der Waals surface area contributed by atoms with E-state index in [2.05, 4.69) is 5.32 Å². The Balaban J connectivity index is 2.84. The molecule has 1 aromatic carbocycles. The van der Waals surface area contributed by atoms with Crippen molar-refractivity contribution < 1.29 is 9.53 Å². The Morgan fingerprint density at radius 1 is 1.47 bits per heavy atom. The molecule has 0 saturated carbocycles. The average molecular weight is 285 g/mol. The molecule has 0 aliphatic heterocycles. The molecule has 0 aliphatic rings. The van der Waals surface area contributed by atoms with Gasteiger partial charge in [-0.25, -0.2) is 0 Å². The normalized spacial score (nSPS) is 13.9. The van der Waals surface area contributed by atoms with E-state index in [1.54, 1.807) is 13.0 Å². The lowest BCUT2D eigenvalue weighted by molar-refractivity contribution is -0.122. The number of ether oxygens (including phenoxy) is 1. The minimum atomic E-state index is -0.366. The standard InChI is InChI=1S/C14H21ClN2O2/c1-4-17-10(3)12-7-11(15)5-6-13(12)19-8-9(2)14(16)18/h5-7,9-10,17H,4,8H2,1-3H3,(H2,16,18). The number of nitrogens with one attached hydrogen (secondary N) is 1. The highest BCUT2D eigenvalue weighted by Crippen LogP contribution is 2.28. The summed E-state index contributed by atoms with van der Waals surface area (Å²) in [6.45, 7) is 6.94. The molecule has 1 aromatic rings. The Hall–Kier alpha value is -1.26. The highest BCUT2D eigenvalue weighted by atomic mass is 35.5. The van der Waals surface area contributed by atoms with E-state index in [9.17, 15) is 4.79 Å². The molecule has 2 unspecified atom stereocenters. The van der Waals surface area contributed by atoms with Crippen LogP contribution in [0.4, 0.5) is 0 Å². The molecule has 5 heteroatoms. The summed E-state index contributed by atoms with van der Waals surface area (Å²) in [6.07, 6.45) is 0. The molecule has 0 aromatic heterocycles. The van der Waals surface area contributed by atoms with Crippen molar-refractivity contribution in [2.75, 3.05) is 13.2 Å². The molecule has 0 spiro atoms. The van der Waals surface area contributed by atoms with Gasteiger partial charge in [-0.3, -0.25) is 4.79 Å². The molecular formula is C14H21ClN2O2. The van der Waals surface area contributed by atoms with Gasteiger partial charge >= 0.3 is 0 Å². The Morgan fingerprint density at radius 3 is 2.74 bits per heavy atom. The minimum absolute atomic E-state index is 0.127. The number of nitrogens with two attached hydrogens (primary N) is 1. The molecule has 0 heterocycles. The number of primary amides is 1. The molecule has 2 atom stereocenters. The number of hydrogen-bond acceptors (Lipinski definition) is 3. The summed E-state index contributed by atoms with van der Waals surface area (Å²) in [5.74, 6) is 0.0409. The zero-order valence-corrected chi connectivity index (χ0v) is 12.3. The van der Waals surface area contributed by atoms with E-state index >= 15 is 0 Å². The van der Waals surface area contributed by atoms with Gasteiger partial charge in [0.2, 0.25) is 5.91 Å². The number of benzene rings is 1. The van der Waals surface area contributed by atoms with Crippen molar-refractivity contribution >= 4 is 17.5 Å². The lowest BCUT2D eigenvalue weighted by atomic mass is 10.1. The first-order valence-electron chi connectivity index (χ1n) is 6.40. The summed E-state index contributed by atoms with van der Waals surface area (Å²) < 4.78 is 5.68. The van der Waals surface area contributed by atoms with E-state index in [-0.39, 0.29) is 24.5 Å². The number of amides is 1. The van der Waals surface area contributed by atoms with Crippen molar-refractivity contribution in [3.8, 4) is 5.75 Å². The molecule has 0 radical (unpaired) electrons. The van der Waals surface area contributed by atoms with Gasteiger partial charge in [-0.15, -0.1) is 0 Å². The van der Waals surface area contributed by atoms with Crippen LogP contribution in [-0.2, 0) is 4.79 Å². The molecule has 4 nitrogen and oxygen atoms in total. The number of halogens is 1. The maximum atomic E-state index is 11.0. The van der Waals surface area contributed by atoms with E-state index in [1.165, 1.54) is 0 Å². The van der Waals surface area contributed by atoms with Crippen molar-refractivity contribution in [2.24, 2.45) is 11.7 Å². The van der Waals surface area contributed by atoms with Crippen molar-refractivity contribution in [2.45, 2.75) is 26.8 Å². The first-order valence-corrected chi connectivity index (χ1v) is 6.78. The van der Waals surface area contributed by atoms with Gasteiger partial charge in [0.15, 0.2) is 0 Å². The second-order valence-corrected chi connectivity index (χ2v) is 5.01. The highest BCUT2D eigenvalue weighted by Gasteiger charge is 2.14. The molecule has 106 valence electrons. The second kappa shape index (κ2) is 7.36. The quantitative estimate of drug-likeness (QED) is 0.809. The Morgan fingerprint density at radius 2 is 2.16 bits per heavy atom. The van der Waals surface area contributed by atoms with Gasteiger partial charge in [0.1, 0.15) is 5.75 Å². The third-order valence-electron chi connectivity index (χ3n) is 2.92.